The fourth-order valence-electron chi connectivity index (χ4n) is 1.86. The lowest BCUT2D eigenvalue weighted by molar-refractivity contribution is 0.0165. The second-order valence-electron chi connectivity index (χ2n) is 5.97. The molecule has 2 atom stereocenters. The van der Waals surface area contributed by atoms with Crippen molar-refractivity contribution in [3.8, 4) is 0 Å². The molecule has 0 aromatic heterocycles. The van der Waals surface area contributed by atoms with Crippen molar-refractivity contribution in [3.05, 3.63) is 35.4 Å². The summed E-state index contributed by atoms with van der Waals surface area (Å²) < 4.78 is 26.7. The van der Waals surface area contributed by atoms with Crippen LogP contribution in [0.15, 0.2) is 18.2 Å². The largest absolute Gasteiger partial charge is 0.388 e. The van der Waals surface area contributed by atoms with Crippen LogP contribution in [-0.2, 0) is 0 Å². The number of carbonyl (C=O) groups excluding carboxylic acids is 1. The lowest BCUT2D eigenvalue weighted by Crippen LogP contribution is -2.48. The first kappa shape index (κ1) is 18.4. The number of hydrogen-bond acceptors (Lipinski definition) is 2. The maximum Gasteiger partial charge on any atom is 0.315 e. The van der Waals surface area contributed by atoms with Crippen LogP contribution < -0.4 is 10.6 Å². The van der Waals surface area contributed by atoms with Crippen LogP contribution in [0.1, 0.15) is 45.7 Å². The van der Waals surface area contributed by atoms with Crippen LogP contribution in [-0.4, -0.2) is 23.3 Å². The molecule has 2 amide bonds. The van der Waals surface area contributed by atoms with E-state index in [2.05, 4.69) is 10.6 Å². The van der Waals surface area contributed by atoms with Gasteiger partial charge in [0.15, 0.2) is 0 Å². The highest BCUT2D eigenvalue weighted by molar-refractivity contribution is 5.74. The summed E-state index contributed by atoms with van der Waals surface area (Å²) in [5.41, 5.74) is -0.796. The third kappa shape index (κ3) is 4.94. The van der Waals surface area contributed by atoms with Crippen molar-refractivity contribution in [2.45, 2.75) is 45.8 Å². The van der Waals surface area contributed by atoms with Gasteiger partial charge in [-0.3, -0.25) is 0 Å². The first-order chi connectivity index (χ1) is 10.2. The first-order valence-electron chi connectivity index (χ1n) is 7.39. The maximum atomic E-state index is 13.8. The monoisotopic (exact) mass is 314 g/mol. The molecule has 0 fully saturated rings. The van der Waals surface area contributed by atoms with Gasteiger partial charge in [-0.25, -0.2) is 13.6 Å². The average molecular weight is 314 g/mol. The molecule has 3 N–H and O–H groups in total. The van der Waals surface area contributed by atoms with E-state index in [0.717, 1.165) is 12.1 Å². The third-order valence-electron chi connectivity index (χ3n) is 3.90. The van der Waals surface area contributed by atoms with E-state index in [-0.39, 0.29) is 18.0 Å². The Balaban J connectivity index is 2.68. The maximum absolute atomic E-state index is 13.8. The highest BCUT2D eigenvalue weighted by atomic mass is 19.1. The van der Waals surface area contributed by atoms with Crippen molar-refractivity contribution >= 4 is 6.03 Å². The molecule has 0 aliphatic rings. The fraction of sp³-hybridized carbons (Fsp3) is 0.562. The van der Waals surface area contributed by atoms with Gasteiger partial charge in [-0.15, -0.1) is 0 Å². The molecule has 2 unspecified atom stereocenters. The summed E-state index contributed by atoms with van der Waals surface area (Å²) in [6, 6.07) is 2.20. The van der Waals surface area contributed by atoms with E-state index in [9.17, 15) is 18.7 Å². The van der Waals surface area contributed by atoms with E-state index in [0.29, 0.717) is 6.42 Å². The average Bonchev–Trinajstić information content (AvgIpc) is 2.43. The summed E-state index contributed by atoms with van der Waals surface area (Å²) >= 11 is 0. The van der Waals surface area contributed by atoms with Crippen molar-refractivity contribution < 1.29 is 18.7 Å². The van der Waals surface area contributed by atoms with Crippen LogP contribution in [0.2, 0.25) is 0 Å². The van der Waals surface area contributed by atoms with Gasteiger partial charge in [0.1, 0.15) is 11.6 Å². The minimum absolute atomic E-state index is 0.0238. The van der Waals surface area contributed by atoms with Crippen LogP contribution >= 0.6 is 0 Å². The SMILES string of the molecule is CCC(NC(=O)NCC(C)(O)C(C)C)c1ccc(F)cc1F. The summed E-state index contributed by atoms with van der Waals surface area (Å²) in [6.07, 6.45) is 0.455. The summed E-state index contributed by atoms with van der Waals surface area (Å²) in [5, 5.41) is 15.3. The molecular formula is C16H24F2N2O2. The van der Waals surface area contributed by atoms with Crippen LogP contribution in [0.3, 0.4) is 0 Å². The van der Waals surface area contributed by atoms with Gasteiger partial charge in [-0.2, -0.15) is 0 Å². The molecule has 1 rings (SSSR count). The molecule has 0 saturated heterocycles. The molecule has 0 spiro atoms. The van der Waals surface area contributed by atoms with Crippen molar-refractivity contribution in [1.82, 2.24) is 10.6 Å². The zero-order chi connectivity index (χ0) is 16.9. The highest BCUT2D eigenvalue weighted by Crippen LogP contribution is 2.21. The molecule has 0 bridgehead atoms. The molecule has 22 heavy (non-hydrogen) atoms. The quantitative estimate of drug-likeness (QED) is 0.755. The smallest absolute Gasteiger partial charge is 0.315 e. The van der Waals surface area contributed by atoms with E-state index in [1.807, 2.05) is 13.8 Å². The van der Waals surface area contributed by atoms with Gasteiger partial charge in [-0.05, 0) is 25.3 Å². The number of halogens is 2. The fourth-order valence-corrected chi connectivity index (χ4v) is 1.86. The predicted molar refractivity (Wildman–Crippen MR) is 81.4 cm³/mol. The summed E-state index contributed by atoms with van der Waals surface area (Å²) in [6.45, 7) is 7.20. The van der Waals surface area contributed by atoms with E-state index >= 15 is 0 Å². The van der Waals surface area contributed by atoms with Gasteiger partial charge >= 0.3 is 6.03 Å². The number of rotatable bonds is 6. The number of hydrogen-bond donors (Lipinski definition) is 3. The van der Waals surface area contributed by atoms with Gasteiger partial charge in [-0.1, -0.05) is 26.8 Å². The highest BCUT2D eigenvalue weighted by Gasteiger charge is 2.26. The van der Waals surface area contributed by atoms with E-state index in [4.69, 9.17) is 0 Å². The number of aliphatic hydroxyl groups is 1. The number of amides is 2. The lowest BCUT2D eigenvalue weighted by Gasteiger charge is -2.28. The second-order valence-corrected chi connectivity index (χ2v) is 5.97. The molecule has 0 heterocycles. The van der Waals surface area contributed by atoms with E-state index < -0.39 is 29.3 Å². The number of urea groups is 1. The van der Waals surface area contributed by atoms with Gasteiger partial charge in [0.2, 0.25) is 0 Å². The Morgan fingerprint density at radius 3 is 2.50 bits per heavy atom. The van der Waals surface area contributed by atoms with E-state index in [1.54, 1.807) is 13.8 Å². The summed E-state index contributed by atoms with van der Waals surface area (Å²) in [5.74, 6) is -1.38. The van der Waals surface area contributed by atoms with Crippen molar-refractivity contribution in [1.29, 1.82) is 0 Å². The van der Waals surface area contributed by atoms with Crippen LogP contribution in [0.4, 0.5) is 13.6 Å². The van der Waals surface area contributed by atoms with Crippen LogP contribution in [0, 0.1) is 17.6 Å². The molecule has 1 aromatic rings. The minimum atomic E-state index is -1.03. The second kappa shape index (κ2) is 7.54. The molecule has 0 radical (unpaired) electrons. The Bertz CT molecular complexity index is 519. The van der Waals surface area contributed by atoms with Crippen molar-refractivity contribution in [2.75, 3.05) is 6.54 Å². The minimum Gasteiger partial charge on any atom is -0.388 e. The van der Waals surface area contributed by atoms with Crippen LogP contribution in [0.5, 0.6) is 0 Å². The molecule has 6 heteroatoms. The Morgan fingerprint density at radius 2 is 2.00 bits per heavy atom. The van der Waals surface area contributed by atoms with Gasteiger partial charge in [0.25, 0.3) is 0 Å². The van der Waals surface area contributed by atoms with Gasteiger partial charge < -0.3 is 15.7 Å². The number of benzene rings is 1. The Morgan fingerprint density at radius 1 is 1.36 bits per heavy atom. The van der Waals surface area contributed by atoms with Gasteiger partial charge in [0.05, 0.1) is 11.6 Å². The molecular weight excluding hydrogens is 290 g/mol. The molecule has 124 valence electrons. The molecule has 0 aliphatic carbocycles. The normalized spacial score (nSPS) is 15.3. The molecule has 0 saturated carbocycles. The Hall–Kier alpha value is -1.69. The van der Waals surface area contributed by atoms with Gasteiger partial charge in [0, 0.05) is 18.2 Å². The summed E-state index contributed by atoms with van der Waals surface area (Å²) in [4.78, 5) is 11.9. The predicted octanol–water partition coefficient (Wildman–Crippen LogP) is 3.12. The molecule has 1 aromatic carbocycles. The number of carbonyl (C=O) groups is 1. The molecule has 0 aliphatic heterocycles. The topological polar surface area (TPSA) is 61.4 Å². The molecule has 4 nitrogen and oxygen atoms in total. The van der Waals surface area contributed by atoms with Crippen LogP contribution in [0.25, 0.3) is 0 Å². The standard InChI is InChI=1S/C16H24F2N2O2/c1-5-14(12-7-6-11(17)8-13(12)18)20-15(21)19-9-16(4,22)10(2)3/h6-8,10,14,22H,5,9H2,1-4H3,(H2,19,20,21). The summed E-state index contributed by atoms with van der Waals surface area (Å²) in [7, 11) is 0. The number of nitrogens with one attached hydrogen (secondary N) is 2. The lowest BCUT2D eigenvalue weighted by atomic mass is 9.93. The van der Waals surface area contributed by atoms with E-state index in [1.165, 1.54) is 6.07 Å². The van der Waals surface area contributed by atoms with Crippen molar-refractivity contribution in [3.63, 3.8) is 0 Å². The van der Waals surface area contributed by atoms with Crippen molar-refractivity contribution in [2.24, 2.45) is 5.92 Å². The third-order valence-corrected chi connectivity index (χ3v) is 3.90. The Kier molecular flexibility index (Phi) is 6.29. The Labute approximate surface area is 129 Å². The first-order valence-corrected chi connectivity index (χ1v) is 7.39. The zero-order valence-corrected chi connectivity index (χ0v) is 13.4. The zero-order valence-electron chi connectivity index (χ0n) is 13.4.